The summed E-state index contributed by atoms with van der Waals surface area (Å²) < 4.78 is 4.58. The van der Waals surface area contributed by atoms with Gasteiger partial charge in [0.05, 0.1) is 18.6 Å². The van der Waals surface area contributed by atoms with E-state index in [0.717, 1.165) is 0 Å². The highest BCUT2D eigenvalue weighted by molar-refractivity contribution is 5.89. The third kappa shape index (κ3) is 3.06. The van der Waals surface area contributed by atoms with Crippen molar-refractivity contribution in [3.63, 3.8) is 0 Å². The molecular weight excluding hydrogens is 220 g/mol. The number of esters is 1. The van der Waals surface area contributed by atoms with Crippen molar-refractivity contribution in [1.29, 1.82) is 0 Å². The quantitative estimate of drug-likeness (QED) is 0.815. The molecule has 0 radical (unpaired) electrons. The molecule has 0 amide bonds. The average molecular weight is 236 g/mol. The number of carboxylic acid groups (broad SMARTS) is 1. The molecule has 0 aromatic heterocycles. The van der Waals surface area contributed by atoms with Gasteiger partial charge in [0.2, 0.25) is 0 Å². The van der Waals surface area contributed by atoms with E-state index in [1.165, 1.54) is 7.11 Å². The first-order valence-electron chi connectivity index (χ1n) is 5.38. The zero-order valence-electron chi connectivity index (χ0n) is 10.1. The minimum absolute atomic E-state index is 0.00326. The topological polar surface area (TPSA) is 63.6 Å². The molecule has 0 heterocycles. The highest BCUT2D eigenvalue weighted by atomic mass is 16.5. The lowest BCUT2D eigenvalue weighted by molar-refractivity contribution is -0.139. The summed E-state index contributed by atoms with van der Waals surface area (Å²) in [5.41, 5.74) is 1.12. The van der Waals surface area contributed by atoms with Gasteiger partial charge in [0.25, 0.3) is 0 Å². The Morgan fingerprint density at radius 2 is 1.71 bits per heavy atom. The summed E-state index contributed by atoms with van der Waals surface area (Å²) in [5.74, 6) is -1.84. The molecule has 0 aliphatic heterocycles. The van der Waals surface area contributed by atoms with Crippen molar-refractivity contribution in [2.75, 3.05) is 7.11 Å². The van der Waals surface area contributed by atoms with Crippen LogP contribution in [0.4, 0.5) is 0 Å². The Morgan fingerprint density at radius 1 is 1.18 bits per heavy atom. The average Bonchev–Trinajstić information content (AvgIpc) is 2.28. The molecular formula is C13H16O4. The van der Waals surface area contributed by atoms with Crippen molar-refractivity contribution < 1.29 is 19.4 Å². The van der Waals surface area contributed by atoms with Gasteiger partial charge in [-0.1, -0.05) is 26.0 Å². The minimum Gasteiger partial charge on any atom is -0.481 e. The van der Waals surface area contributed by atoms with E-state index in [1.807, 2.05) is 13.8 Å². The molecule has 0 aliphatic rings. The first-order valence-corrected chi connectivity index (χ1v) is 5.38. The van der Waals surface area contributed by atoms with Crippen LogP contribution in [0.3, 0.4) is 0 Å². The highest BCUT2D eigenvalue weighted by Crippen LogP contribution is 2.25. The summed E-state index contributed by atoms with van der Waals surface area (Å²) in [6.45, 7) is 3.71. The lowest BCUT2D eigenvalue weighted by Crippen LogP contribution is -2.17. The second kappa shape index (κ2) is 5.48. The van der Waals surface area contributed by atoms with E-state index in [9.17, 15) is 9.59 Å². The summed E-state index contributed by atoms with van der Waals surface area (Å²) in [6, 6.07) is 6.48. The fourth-order valence-corrected chi connectivity index (χ4v) is 1.76. The molecule has 0 spiro atoms. The second-order valence-electron chi connectivity index (χ2n) is 4.17. The van der Waals surface area contributed by atoms with Crippen LogP contribution in [-0.4, -0.2) is 24.2 Å². The summed E-state index contributed by atoms with van der Waals surface area (Å²) in [5, 5.41) is 9.13. The van der Waals surface area contributed by atoms with E-state index in [1.54, 1.807) is 24.3 Å². The van der Waals surface area contributed by atoms with Gasteiger partial charge in [0.1, 0.15) is 0 Å². The maximum Gasteiger partial charge on any atom is 0.337 e. The highest BCUT2D eigenvalue weighted by Gasteiger charge is 2.23. The lowest BCUT2D eigenvalue weighted by atomic mass is 9.88. The van der Waals surface area contributed by atoms with Crippen LogP contribution in [0.25, 0.3) is 0 Å². The Balaban J connectivity index is 3.00. The van der Waals surface area contributed by atoms with Gasteiger partial charge in [-0.15, -0.1) is 0 Å². The number of benzene rings is 1. The first-order chi connectivity index (χ1) is 7.97. The third-order valence-electron chi connectivity index (χ3n) is 2.62. The van der Waals surface area contributed by atoms with Crippen LogP contribution in [0.5, 0.6) is 0 Å². The third-order valence-corrected chi connectivity index (χ3v) is 2.62. The molecule has 0 aliphatic carbocycles. The van der Waals surface area contributed by atoms with E-state index in [0.29, 0.717) is 11.1 Å². The Bertz CT molecular complexity index is 406. The Morgan fingerprint density at radius 3 is 2.06 bits per heavy atom. The van der Waals surface area contributed by atoms with Gasteiger partial charge in [-0.3, -0.25) is 4.79 Å². The number of hydrogen-bond donors (Lipinski definition) is 1. The Kier molecular flexibility index (Phi) is 4.26. The van der Waals surface area contributed by atoms with Crippen molar-refractivity contribution in [2.24, 2.45) is 5.92 Å². The maximum absolute atomic E-state index is 11.2. The van der Waals surface area contributed by atoms with Gasteiger partial charge >= 0.3 is 11.9 Å². The standard InChI is InChI=1S/C13H16O4/c1-8(2)11(12(14)15)9-4-6-10(7-5-9)13(16)17-3/h4-8,11H,1-3H3,(H,14,15). The molecule has 0 saturated heterocycles. The van der Waals surface area contributed by atoms with E-state index in [4.69, 9.17) is 5.11 Å². The van der Waals surface area contributed by atoms with Crippen molar-refractivity contribution in [3.8, 4) is 0 Å². The van der Waals surface area contributed by atoms with Crippen molar-refractivity contribution in [3.05, 3.63) is 35.4 Å². The Hall–Kier alpha value is -1.84. The van der Waals surface area contributed by atoms with Crippen LogP contribution in [0.1, 0.15) is 35.7 Å². The number of aliphatic carboxylic acids is 1. The number of hydrogen-bond acceptors (Lipinski definition) is 3. The normalized spacial score (nSPS) is 12.2. The summed E-state index contributed by atoms with van der Waals surface area (Å²) in [6.07, 6.45) is 0. The number of carbonyl (C=O) groups is 2. The molecule has 1 aromatic rings. The van der Waals surface area contributed by atoms with Gasteiger partial charge in [-0.2, -0.15) is 0 Å². The molecule has 1 N–H and O–H groups in total. The summed E-state index contributed by atoms with van der Waals surface area (Å²) in [7, 11) is 1.31. The molecule has 0 bridgehead atoms. The van der Waals surface area contributed by atoms with Crippen molar-refractivity contribution in [1.82, 2.24) is 0 Å². The molecule has 1 rings (SSSR count). The monoisotopic (exact) mass is 236 g/mol. The van der Waals surface area contributed by atoms with E-state index < -0.39 is 17.9 Å². The number of methoxy groups -OCH3 is 1. The maximum atomic E-state index is 11.2. The molecule has 92 valence electrons. The molecule has 0 saturated carbocycles. The molecule has 1 unspecified atom stereocenters. The molecule has 0 fully saturated rings. The van der Waals surface area contributed by atoms with Crippen LogP contribution in [-0.2, 0) is 9.53 Å². The molecule has 4 heteroatoms. The van der Waals surface area contributed by atoms with Crippen LogP contribution < -0.4 is 0 Å². The second-order valence-corrected chi connectivity index (χ2v) is 4.17. The minimum atomic E-state index is -0.856. The molecule has 1 aromatic carbocycles. The number of ether oxygens (including phenoxy) is 1. The fourth-order valence-electron chi connectivity index (χ4n) is 1.76. The van der Waals surface area contributed by atoms with Crippen molar-refractivity contribution >= 4 is 11.9 Å². The van der Waals surface area contributed by atoms with Crippen molar-refractivity contribution in [2.45, 2.75) is 19.8 Å². The zero-order chi connectivity index (χ0) is 13.0. The van der Waals surface area contributed by atoms with Crippen LogP contribution >= 0.6 is 0 Å². The van der Waals surface area contributed by atoms with E-state index in [-0.39, 0.29) is 5.92 Å². The molecule has 1 atom stereocenters. The van der Waals surface area contributed by atoms with Crippen LogP contribution in [0, 0.1) is 5.92 Å². The lowest BCUT2D eigenvalue weighted by Gasteiger charge is -2.16. The predicted molar refractivity (Wildman–Crippen MR) is 63.0 cm³/mol. The van der Waals surface area contributed by atoms with Crippen LogP contribution in [0.15, 0.2) is 24.3 Å². The number of rotatable bonds is 4. The molecule has 4 nitrogen and oxygen atoms in total. The van der Waals surface area contributed by atoms with Gasteiger partial charge in [-0.25, -0.2) is 4.79 Å². The van der Waals surface area contributed by atoms with Gasteiger partial charge in [-0.05, 0) is 23.6 Å². The van der Waals surface area contributed by atoms with E-state index >= 15 is 0 Å². The zero-order valence-corrected chi connectivity index (χ0v) is 10.1. The first kappa shape index (κ1) is 13.2. The van der Waals surface area contributed by atoms with Gasteiger partial charge in [0.15, 0.2) is 0 Å². The van der Waals surface area contributed by atoms with Gasteiger partial charge < -0.3 is 9.84 Å². The SMILES string of the molecule is COC(=O)c1ccc(C(C(=O)O)C(C)C)cc1. The smallest absolute Gasteiger partial charge is 0.337 e. The molecule has 17 heavy (non-hydrogen) atoms. The Labute approximate surface area is 100 Å². The largest absolute Gasteiger partial charge is 0.481 e. The van der Waals surface area contributed by atoms with Crippen LogP contribution in [0.2, 0.25) is 0 Å². The number of carboxylic acids is 1. The van der Waals surface area contributed by atoms with Gasteiger partial charge in [0, 0.05) is 0 Å². The fraction of sp³-hybridized carbons (Fsp3) is 0.385. The van der Waals surface area contributed by atoms with E-state index in [2.05, 4.69) is 4.74 Å². The predicted octanol–water partition coefficient (Wildman–Crippen LogP) is 2.30. The summed E-state index contributed by atoms with van der Waals surface area (Å²) >= 11 is 0. The number of carbonyl (C=O) groups excluding carboxylic acids is 1. The summed E-state index contributed by atoms with van der Waals surface area (Å²) in [4.78, 5) is 22.3.